The third kappa shape index (κ3) is 5.26. The minimum atomic E-state index is -0.711. The second-order valence-electron chi connectivity index (χ2n) is 9.09. The van der Waals surface area contributed by atoms with Gasteiger partial charge >= 0.3 is 0 Å². The number of aryl methyl sites for hydroxylation is 1. The summed E-state index contributed by atoms with van der Waals surface area (Å²) in [5, 5.41) is 4.25. The van der Waals surface area contributed by atoms with Crippen LogP contribution >= 0.6 is 0 Å². The predicted molar refractivity (Wildman–Crippen MR) is 139 cm³/mol. The molecule has 0 spiro atoms. The summed E-state index contributed by atoms with van der Waals surface area (Å²) >= 11 is 0. The van der Waals surface area contributed by atoms with Crippen molar-refractivity contribution in [2.24, 2.45) is 7.05 Å². The smallest absolute Gasteiger partial charge is 0.124 e. The monoisotopic (exact) mass is 490 g/mol. The number of methoxy groups -OCH3 is 2. The highest BCUT2D eigenvalue weighted by Gasteiger charge is 2.22. The maximum Gasteiger partial charge on any atom is 0.124 e. The van der Waals surface area contributed by atoms with Gasteiger partial charge in [0.25, 0.3) is 0 Å². The number of hydrogen-bond acceptors (Lipinski definition) is 7. The van der Waals surface area contributed by atoms with Crippen LogP contribution in [0.15, 0.2) is 55.0 Å². The maximum atomic E-state index is 13.7. The molecular weight excluding hydrogens is 459 g/mol. The number of aromatic nitrogens is 4. The van der Waals surface area contributed by atoms with Crippen molar-refractivity contribution in [3.8, 4) is 22.8 Å². The van der Waals surface area contributed by atoms with Gasteiger partial charge in [0.2, 0.25) is 0 Å². The molecule has 2 aromatic carbocycles. The largest absolute Gasteiger partial charge is 0.497 e. The second kappa shape index (κ2) is 10.5. The lowest BCUT2D eigenvalue weighted by Crippen LogP contribution is -2.27. The van der Waals surface area contributed by atoms with Gasteiger partial charge in [0.15, 0.2) is 0 Å². The van der Waals surface area contributed by atoms with Crippen LogP contribution in [0.1, 0.15) is 12.8 Å². The van der Waals surface area contributed by atoms with Crippen LogP contribution in [0, 0.1) is 0 Å². The molecule has 1 aliphatic rings. The summed E-state index contributed by atoms with van der Waals surface area (Å²) in [6, 6.07) is 12.0. The molecule has 2 aromatic heterocycles. The molecule has 3 heterocycles. The van der Waals surface area contributed by atoms with E-state index < -0.39 is 6.17 Å². The first-order valence-corrected chi connectivity index (χ1v) is 12.2. The molecule has 9 heteroatoms. The second-order valence-corrected chi connectivity index (χ2v) is 9.09. The normalized spacial score (nSPS) is 15.9. The molecule has 188 valence electrons. The van der Waals surface area contributed by atoms with E-state index in [1.165, 1.54) is 0 Å². The molecule has 0 amide bonds. The lowest BCUT2D eigenvalue weighted by atomic mass is 10.1. The van der Waals surface area contributed by atoms with Crippen molar-refractivity contribution >= 4 is 22.4 Å². The molecule has 1 aliphatic heterocycles. The van der Waals surface area contributed by atoms with Crippen LogP contribution < -0.4 is 14.4 Å². The molecule has 36 heavy (non-hydrogen) atoms. The van der Waals surface area contributed by atoms with E-state index in [2.05, 4.69) is 32.0 Å². The summed E-state index contributed by atoms with van der Waals surface area (Å²) < 4.78 is 26.5. The zero-order chi connectivity index (χ0) is 25.1. The van der Waals surface area contributed by atoms with Crippen molar-refractivity contribution in [2.75, 3.05) is 45.3 Å². The number of hydrogen-bond donors (Lipinski definition) is 0. The predicted octanol–water partition coefficient (Wildman–Crippen LogP) is 4.62. The molecule has 1 unspecified atom stereocenters. The average molecular weight is 491 g/mol. The molecule has 0 N–H and O–H groups in total. The number of likely N-dealkylation sites (tertiary alicyclic amines) is 1. The lowest BCUT2D eigenvalue weighted by molar-refractivity contribution is 0.286. The third-order valence-electron chi connectivity index (χ3n) is 6.56. The Balaban J connectivity index is 1.49. The van der Waals surface area contributed by atoms with Gasteiger partial charge in [0.05, 0.1) is 43.3 Å². The molecule has 0 bridgehead atoms. The number of nitrogens with zero attached hydrogens (tertiary/aromatic N) is 6. The number of anilines is 2. The molecule has 8 nitrogen and oxygen atoms in total. The quantitative estimate of drug-likeness (QED) is 0.339. The Morgan fingerprint density at radius 1 is 1.03 bits per heavy atom. The van der Waals surface area contributed by atoms with E-state index in [0.717, 1.165) is 59.7 Å². The number of alkyl halides is 1. The third-order valence-corrected chi connectivity index (χ3v) is 6.56. The van der Waals surface area contributed by atoms with Gasteiger partial charge in [-0.3, -0.25) is 9.67 Å². The highest BCUT2D eigenvalue weighted by molar-refractivity contribution is 5.82. The van der Waals surface area contributed by atoms with E-state index in [0.29, 0.717) is 24.5 Å². The minimum absolute atomic E-state index is 0.523. The Labute approximate surface area is 210 Å². The first-order chi connectivity index (χ1) is 17.5. The maximum absolute atomic E-state index is 13.7. The topological polar surface area (TPSA) is 68.5 Å². The fourth-order valence-electron chi connectivity index (χ4n) is 4.66. The number of ether oxygens (including phenoxy) is 2. The Hall–Kier alpha value is -3.72. The van der Waals surface area contributed by atoms with Gasteiger partial charge in [-0.1, -0.05) is 0 Å². The zero-order valence-corrected chi connectivity index (χ0v) is 20.9. The first kappa shape index (κ1) is 24.0. The number of fused-ring (bicyclic) bond motifs is 1. The molecule has 0 radical (unpaired) electrons. The van der Waals surface area contributed by atoms with Crippen LogP contribution in [0.5, 0.6) is 11.5 Å². The summed E-state index contributed by atoms with van der Waals surface area (Å²) in [7, 11) is 5.18. The molecular formula is C27H31FN6O2. The van der Waals surface area contributed by atoms with Crippen LogP contribution in [0.2, 0.25) is 0 Å². The zero-order valence-electron chi connectivity index (χ0n) is 20.9. The summed E-state index contributed by atoms with van der Waals surface area (Å²) in [6.07, 6.45) is 6.28. The fraction of sp³-hybridized carbons (Fsp3) is 0.370. The average Bonchev–Trinajstić information content (AvgIpc) is 3.53. The van der Waals surface area contributed by atoms with Gasteiger partial charge < -0.3 is 19.3 Å². The van der Waals surface area contributed by atoms with E-state index in [1.807, 2.05) is 37.5 Å². The lowest BCUT2D eigenvalue weighted by Gasteiger charge is -2.27. The molecule has 1 saturated heterocycles. The highest BCUT2D eigenvalue weighted by atomic mass is 19.1. The van der Waals surface area contributed by atoms with Crippen LogP contribution in [-0.2, 0) is 7.05 Å². The molecule has 0 saturated carbocycles. The van der Waals surface area contributed by atoms with Crippen molar-refractivity contribution in [1.82, 2.24) is 24.6 Å². The highest BCUT2D eigenvalue weighted by Crippen LogP contribution is 2.34. The number of benzene rings is 2. The van der Waals surface area contributed by atoms with E-state index in [9.17, 15) is 4.39 Å². The Kier molecular flexibility index (Phi) is 6.99. The van der Waals surface area contributed by atoms with Crippen molar-refractivity contribution in [3.63, 3.8) is 0 Å². The summed E-state index contributed by atoms with van der Waals surface area (Å²) in [4.78, 5) is 13.9. The number of halogens is 1. The van der Waals surface area contributed by atoms with E-state index in [4.69, 9.17) is 14.5 Å². The van der Waals surface area contributed by atoms with Gasteiger partial charge in [-0.2, -0.15) is 5.10 Å². The van der Waals surface area contributed by atoms with Crippen molar-refractivity contribution < 1.29 is 13.9 Å². The van der Waals surface area contributed by atoms with Crippen LogP contribution in [-0.4, -0.2) is 71.2 Å². The molecule has 1 fully saturated rings. The summed E-state index contributed by atoms with van der Waals surface area (Å²) in [5.74, 6) is 1.43. The van der Waals surface area contributed by atoms with Gasteiger partial charge in [0.1, 0.15) is 17.7 Å². The van der Waals surface area contributed by atoms with Gasteiger partial charge in [-0.05, 0) is 37.6 Å². The van der Waals surface area contributed by atoms with Gasteiger partial charge in [-0.25, -0.2) is 9.37 Å². The van der Waals surface area contributed by atoms with E-state index in [1.54, 1.807) is 31.3 Å². The SMILES string of the molecule is COc1cc(OC)cc(N(CCCN2CCC(F)C2)c2ccc3ncc(-c4cnn(C)c4)nc3c2)c1. The van der Waals surface area contributed by atoms with Crippen molar-refractivity contribution in [2.45, 2.75) is 19.0 Å². The van der Waals surface area contributed by atoms with Crippen molar-refractivity contribution in [1.29, 1.82) is 0 Å². The fourth-order valence-corrected chi connectivity index (χ4v) is 4.66. The standard InChI is InChI=1S/C27H31FN6O2/c1-32-17-19(15-30-32)27-16-29-25-6-5-21(13-26(25)31-27)34(9-4-8-33-10-7-20(28)18-33)22-11-23(35-2)14-24(12-22)36-3/h5-6,11-17,20H,4,7-10,18H2,1-3H3. The minimum Gasteiger partial charge on any atom is -0.497 e. The van der Waals surface area contributed by atoms with E-state index in [-0.39, 0.29) is 0 Å². The first-order valence-electron chi connectivity index (χ1n) is 12.2. The van der Waals surface area contributed by atoms with E-state index >= 15 is 0 Å². The summed E-state index contributed by atoms with van der Waals surface area (Å²) in [5.41, 5.74) is 5.25. The Bertz CT molecular complexity index is 1320. The molecule has 1 atom stereocenters. The molecule has 0 aliphatic carbocycles. The Morgan fingerprint density at radius 3 is 2.50 bits per heavy atom. The van der Waals surface area contributed by atoms with Crippen molar-refractivity contribution in [3.05, 3.63) is 55.0 Å². The number of rotatable bonds is 9. The van der Waals surface area contributed by atoms with Gasteiger partial charge in [0, 0.05) is 68.0 Å². The van der Waals surface area contributed by atoms with Gasteiger partial charge in [-0.15, -0.1) is 0 Å². The molecule has 4 aromatic rings. The summed E-state index contributed by atoms with van der Waals surface area (Å²) in [6.45, 7) is 2.92. The molecule has 5 rings (SSSR count). The van der Waals surface area contributed by atoms with Crippen LogP contribution in [0.25, 0.3) is 22.3 Å². The Morgan fingerprint density at radius 2 is 1.83 bits per heavy atom. The van der Waals surface area contributed by atoms with Crippen LogP contribution in [0.3, 0.4) is 0 Å². The van der Waals surface area contributed by atoms with Crippen LogP contribution in [0.4, 0.5) is 15.8 Å².